The molecular formula is C23H35N. The Labute approximate surface area is 148 Å². The average Bonchev–Trinajstić information content (AvgIpc) is 2.61. The molecule has 3 atom stereocenters. The zero-order chi connectivity index (χ0) is 17.0. The van der Waals surface area contributed by atoms with E-state index < -0.39 is 0 Å². The molecule has 0 saturated heterocycles. The Morgan fingerprint density at radius 1 is 1.21 bits per heavy atom. The van der Waals surface area contributed by atoms with Crippen LogP contribution in [-0.2, 0) is 6.54 Å². The highest BCUT2D eigenvalue weighted by Gasteiger charge is 2.42. The molecule has 132 valence electrons. The number of hydrogen-bond donors (Lipinski definition) is 1. The van der Waals surface area contributed by atoms with Gasteiger partial charge in [-0.05, 0) is 66.1 Å². The quantitative estimate of drug-likeness (QED) is 0.629. The first-order chi connectivity index (χ1) is 11.6. The summed E-state index contributed by atoms with van der Waals surface area (Å²) < 4.78 is 0. The van der Waals surface area contributed by atoms with Gasteiger partial charge in [-0.3, -0.25) is 0 Å². The van der Waals surface area contributed by atoms with Crippen molar-refractivity contribution in [1.82, 2.24) is 5.32 Å². The van der Waals surface area contributed by atoms with Crippen LogP contribution in [0.15, 0.2) is 30.8 Å². The molecule has 2 bridgehead atoms. The van der Waals surface area contributed by atoms with E-state index in [-0.39, 0.29) is 0 Å². The summed E-state index contributed by atoms with van der Waals surface area (Å²) in [5.41, 5.74) is 4.51. The fourth-order valence-corrected chi connectivity index (χ4v) is 5.21. The smallest absolute Gasteiger partial charge is 0.0205 e. The first kappa shape index (κ1) is 17.7. The maximum Gasteiger partial charge on any atom is 0.0205 e. The van der Waals surface area contributed by atoms with E-state index in [0.29, 0.717) is 5.41 Å². The maximum absolute atomic E-state index is 4.13. The van der Waals surface area contributed by atoms with Crippen molar-refractivity contribution < 1.29 is 0 Å². The van der Waals surface area contributed by atoms with Crippen molar-refractivity contribution in [2.75, 3.05) is 6.54 Å². The molecule has 1 nitrogen and oxygen atoms in total. The minimum Gasteiger partial charge on any atom is -0.312 e. The Hall–Kier alpha value is -1.08. The average molecular weight is 326 g/mol. The van der Waals surface area contributed by atoms with Crippen molar-refractivity contribution in [2.45, 2.75) is 71.8 Å². The van der Waals surface area contributed by atoms with Gasteiger partial charge < -0.3 is 5.32 Å². The van der Waals surface area contributed by atoms with E-state index in [1.165, 1.54) is 68.2 Å². The summed E-state index contributed by atoms with van der Waals surface area (Å²) in [4.78, 5) is 0. The third kappa shape index (κ3) is 4.11. The lowest BCUT2D eigenvalue weighted by atomic mass is 9.58. The second kappa shape index (κ2) is 7.87. The molecule has 1 aromatic carbocycles. The number of nitrogens with one attached hydrogen (secondary N) is 1. The third-order valence-electron chi connectivity index (χ3n) is 6.62. The largest absolute Gasteiger partial charge is 0.312 e. The second-order valence-corrected chi connectivity index (χ2v) is 8.43. The summed E-state index contributed by atoms with van der Waals surface area (Å²) in [7, 11) is 0. The summed E-state index contributed by atoms with van der Waals surface area (Å²) >= 11 is 0. The van der Waals surface area contributed by atoms with Gasteiger partial charge in [-0.2, -0.15) is 0 Å². The molecule has 0 radical (unpaired) electrons. The van der Waals surface area contributed by atoms with E-state index in [2.05, 4.69) is 50.0 Å². The zero-order valence-corrected chi connectivity index (χ0v) is 15.7. The zero-order valence-electron chi connectivity index (χ0n) is 15.7. The molecule has 1 heteroatoms. The van der Waals surface area contributed by atoms with Crippen molar-refractivity contribution in [3.8, 4) is 0 Å². The molecule has 1 aromatic rings. The van der Waals surface area contributed by atoms with Crippen LogP contribution in [0.25, 0.3) is 5.57 Å². The molecule has 1 N–H and O–H groups in total. The van der Waals surface area contributed by atoms with Gasteiger partial charge in [-0.15, -0.1) is 0 Å². The molecule has 2 fully saturated rings. The lowest BCUT2D eigenvalue weighted by molar-refractivity contribution is 0.0380. The van der Waals surface area contributed by atoms with Crippen molar-refractivity contribution in [3.63, 3.8) is 0 Å². The number of allylic oxidation sites excluding steroid dienone is 1. The van der Waals surface area contributed by atoms with Gasteiger partial charge in [0.1, 0.15) is 0 Å². The summed E-state index contributed by atoms with van der Waals surface area (Å²) in [5, 5.41) is 3.80. The summed E-state index contributed by atoms with van der Waals surface area (Å²) in [5.74, 6) is 1.99. The van der Waals surface area contributed by atoms with Crippen LogP contribution in [0.3, 0.4) is 0 Å². The molecule has 3 rings (SSSR count). The molecule has 0 amide bonds. The van der Waals surface area contributed by atoms with Gasteiger partial charge >= 0.3 is 0 Å². The van der Waals surface area contributed by atoms with Crippen molar-refractivity contribution >= 4 is 5.57 Å². The van der Waals surface area contributed by atoms with Crippen LogP contribution in [0.4, 0.5) is 0 Å². The Kier molecular flexibility index (Phi) is 5.81. The Bertz CT molecular complexity index is 544. The first-order valence-corrected chi connectivity index (χ1v) is 10.1. The second-order valence-electron chi connectivity index (χ2n) is 8.43. The van der Waals surface area contributed by atoms with Crippen LogP contribution in [0, 0.1) is 17.3 Å². The summed E-state index contributed by atoms with van der Waals surface area (Å²) in [6, 6.07) is 8.98. The fraction of sp³-hybridized carbons (Fsp3) is 0.652. The number of fused-ring (bicyclic) bond motifs is 2. The summed E-state index contributed by atoms with van der Waals surface area (Å²) in [6.45, 7) is 10.9. The number of rotatable bonds is 7. The van der Waals surface area contributed by atoms with Crippen molar-refractivity contribution in [3.05, 3.63) is 42.0 Å². The van der Waals surface area contributed by atoms with E-state index in [1.807, 2.05) is 0 Å². The molecule has 2 aliphatic carbocycles. The highest BCUT2D eigenvalue weighted by atomic mass is 14.9. The lowest BCUT2D eigenvalue weighted by Gasteiger charge is -2.48. The van der Waals surface area contributed by atoms with Gasteiger partial charge in [0.15, 0.2) is 0 Å². The maximum atomic E-state index is 4.13. The van der Waals surface area contributed by atoms with Crippen LogP contribution in [0.2, 0.25) is 0 Å². The topological polar surface area (TPSA) is 12.0 Å². The molecule has 0 spiro atoms. The van der Waals surface area contributed by atoms with Crippen LogP contribution >= 0.6 is 0 Å². The van der Waals surface area contributed by atoms with Crippen molar-refractivity contribution in [1.29, 1.82) is 0 Å². The monoisotopic (exact) mass is 325 g/mol. The molecule has 0 heterocycles. The first-order valence-electron chi connectivity index (χ1n) is 10.1. The van der Waals surface area contributed by atoms with Gasteiger partial charge in [0.25, 0.3) is 0 Å². The summed E-state index contributed by atoms with van der Waals surface area (Å²) in [6.07, 6.45) is 11.2. The molecule has 0 aromatic heterocycles. The molecule has 3 unspecified atom stereocenters. The third-order valence-corrected chi connectivity index (χ3v) is 6.62. The predicted molar refractivity (Wildman–Crippen MR) is 105 cm³/mol. The van der Waals surface area contributed by atoms with Gasteiger partial charge in [-0.25, -0.2) is 0 Å². The van der Waals surface area contributed by atoms with E-state index in [4.69, 9.17) is 0 Å². The Balaban J connectivity index is 1.54. The van der Waals surface area contributed by atoms with Gasteiger partial charge in [0.05, 0.1) is 0 Å². The van der Waals surface area contributed by atoms with Gasteiger partial charge in [-0.1, -0.05) is 64.0 Å². The minimum atomic E-state index is 0.596. The minimum absolute atomic E-state index is 0.596. The van der Waals surface area contributed by atoms with E-state index in [9.17, 15) is 0 Å². The SMILES string of the molecule is C=C(CC)c1ccc(CNCC23CCCC(CC(CC)C2)C3)cc1. The fourth-order valence-electron chi connectivity index (χ4n) is 5.21. The highest BCUT2D eigenvalue weighted by Crippen LogP contribution is 2.51. The molecule has 0 aliphatic heterocycles. The van der Waals surface area contributed by atoms with Gasteiger partial charge in [0, 0.05) is 13.1 Å². The van der Waals surface area contributed by atoms with Gasteiger partial charge in [0.2, 0.25) is 0 Å². The van der Waals surface area contributed by atoms with E-state index in [1.54, 1.807) is 0 Å². The number of hydrogen-bond acceptors (Lipinski definition) is 1. The lowest BCUT2D eigenvalue weighted by Crippen LogP contribution is -2.43. The van der Waals surface area contributed by atoms with Crippen LogP contribution in [0.5, 0.6) is 0 Å². The molecule has 24 heavy (non-hydrogen) atoms. The van der Waals surface area contributed by atoms with E-state index in [0.717, 1.165) is 24.8 Å². The van der Waals surface area contributed by atoms with Crippen molar-refractivity contribution in [2.24, 2.45) is 17.3 Å². The standard InChI is InChI=1S/C23H35N/c1-4-18(3)22-10-8-20(9-11-22)16-24-17-23-12-6-7-21(15-23)13-19(5-2)14-23/h8-11,19,21,24H,3-7,12-17H2,1-2H3. The Morgan fingerprint density at radius 2 is 2.00 bits per heavy atom. The highest BCUT2D eigenvalue weighted by molar-refractivity contribution is 5.63. The number of benzene rings is 1. The van der Waals surface area contributed by atoms with Crippen LogP contribution < -0.4 is 5.32 Å². The van der Waals surface area contributed by atoms with Crippen LogP contribution in [0.1, 0.15) is 76.3 Å². The predicted octanol–water partition coefficient (Wildman–Crippen LogP) is 6.20. The Morgan fingerprint density at radius 3 is 2.71 bits per heavy atom. The normalized spacial score (nSPS) is 29.4. The van der Waals surface area contributed by atoms with Crippen LogP contribution in [-0.4, -0.2) is 6.54 Å². The molecule has 2 saturated carbocycles. The molecule has 2 aliphatic rings. The molecular weight excluding hydrogens is 290 g/mol. The van der Waals surface area contributed by atoms with E-state index >= 15 is 0 Å².